The fourth-order valence-corrected chi connectivity index (χ4v) is 2.59. The Kier molecular flexibility index (Phi) is 2.52. The maximum absolute atomic E-state index is 12.1. The van der Waals surface area contributed by atoms with Crippen LogP contribution in [0.15, 0.2) is 15.3 Å². The molecule has 1 saturated heterocycles. The van der Waals surface area contributed by atoms with E-state index in [0.717, 1.165) is 0 Å². The number of hydrogen-bond acceptors (Lipinski definition) is 5. The van der Waals surface area contributed by atoms with Gasteiger partial charge in [0, 0.05) is 18.9 Å². The number of ether oxygens (including phenoxy) is 2. The first-order valence-electron chi connectivity index (χ1n) is 6.04. The number of Topliss-reactive ketones (excluding diaryl/α,β-unsaturated/α-hetero) is 1. The minimum absolute atomic E-state index is 0.0534. The van der Waals surface area contributed by atoms with Crippen molar-refractivity contribution < 1.29 is 18.7 Å². The van der Waals surface area contributed by atoms with Crippen LogP contribution in [0, 0.1) is 6.92 Å². The smallest absolute Gasteiger partial charge is 0.350 e. The largest absolute Gasteiger partial charge is 0.485 e. The molecule has 0 N–H and O–H groups in total. The molecule has 1 fully saturated rings. The number of carbonyl (C=O) groups excluding carboxylic acids is 1. The molecule has 1 aromatic rings. The fourth-order valence-electron chi connectivity index (χ4n) is 2.59. The molecule has 96 valence electrons. The van der Waals surface area contributed by atoms with Crippen LogP contribution in [-0.2, 0) is 4.74 Å². The third kappa shape index (κ3) is 1.75. The molecule has 0 amide bonds. The van der Waals surface area contributed by atoms with E-state index < -0.39 is 11.2 Å². The van der Waals surface area contributed by atoms with Gasteiger partial charge in [0.25, 0.3) is 0 Å². The van der Waals surface area contributed by atoms with E-state index in [9.17, 15) is 9.59 Å². The average molecular weight is 250 g/mol. The Morgan fingerprint density at radius 3 is 2.67 bits per heavy atom. The third-order valence-corrected chi connectivity index (χ3v) is 3.53. The predicted octanol–water partition coefficient (Wildman–Crippen LogP) is 1.46. The summed E-state index contributed by atoms with van der Waals surface area (Å²) in [5.41, 5.74) is -1.04. The lowest BCUT2D eigenvalue weighted by Crippen LogP contribution is -2.47. The van der Waals surface area contributed by atoms with E-state index in [1.54, 1.807) is 13.0 Å². The van der Waals surface area contributed by atoms with Crippen LogP contribution in [0.25, 0.3) is 0 Å². The molecule has 1 aromatic heterocycles. The second-order valence-corrected chi connectivity index (χ2v) is 4.88. The van der Waals surface area contributed by atoms with E-state index in [1.165, 1.54) is 0 Å². The predicted molar refractivity (Wildman–Crippen MR) is 62.1 cm³/mol. The van der Waals surface area contributed by atoms with Gasteiger partial charge in [-0.2, -0.15) is 0 Å². The quantitative estimate of drug-likeness (QED) is 0.697. The van der Waals surface area contributed by atoms with Crippen molar-refractivity contribution in [2.24, 2.45) is 0 Å². The number of ketones is 1. The summed E-state index contributed by atoms with van der Waals surface area (Å²) in [6.07, 6.45) is 1.59. The number of rotatable bonds is 0. The molecule has 18 heavy (non-hydrogen) atoms. The molecule has 5 heteroatoms. The van der Waals surface area contributed by atoms with Gasteiger partial charge in [0.2, 0.25) is 0 Å². The normalized spacial score (nSPS) is 21.5. The Labute approximate surface area is 104 Å². The standard InChI is InChI=1S/C13H14O5/c1-8-6-10-11(12(15)17-8)9(14)7-13(18-10)2-4-16-5-3-13/h6H,2-5,7H2,1H3. The van der Waals surface area contributed by atoms with Crippen molar-refractivity contribution in [2.75, 3.05) is 13.2 Å². The maximum atomic E-state index is 12.1. The van der Waals surface area contributed by atoms with E-state index >= 15 is 0 Å². The van der Waals surface area contributed by atoms with Crippen LogP contribution >= 0.6 is 0 Å². The highest BCUT2D eigenvalue weighted by Gasteiger charge is 2.43. The summed E-state index contributed by atoms with van der Waals surface area (Å²) in [6.45, 7) is 2.84. The van der Waals surface area contributed by atoms with Gasteiger partial charge in [0.05, 0.1) is 19.6 Å². The van der Waals surface area contributed by atoms with Gasteiger partial charge in [-0.3, -0.25) is 4.79 Å². The van der Waals surface area contributed by atoms with Crippen LogP contribution in [0.5, 0.6) is 5.75 Å². The summed E-state index contributed by atoms with van der Waals surface area (Å²) in [5.74, 6) is 0.629. The summed E-state index contributed by atoms with van der Waals surface area (Å²) < 4.78 is 16.2. The van der Waals surface area contributed by atoms with Gasteiger partial charge in [-0.05, 0) is 6.92 Å². The van der Waals surface area contributed by atoms with E-state index in [1.807, 2.05) is 0 Å². The van der Waals surface area contributed by atoms with Crippen molar-refractivity contribution in [1.82, 2.24) is 0 Å². The first-order chi connectivity index (χ1) is 8.60. The second-order valence-electron chi connectivity index (χ2n) is 4.88. The lowest BCUT2D eigenvalue weighted by Gasteiger charge is -2.40. The SMILES string of the molecule is Cc1cc2c(c(=O)o1)C(=O)CC1(CCOCC1)O2. The second kappa shape index (κ2) is 3.95. The highest BCUT2D eigenvalue weighted by Crippen LogP contribution is 2.37. The van der Waals surface area contributed by atoms with Gasteiger partial charge < -0.3 is 13.9 Å². The molecule has 1 spiro atoms. The monoisotopic (exact) mass is 250 g/mol. The van der Waals surface area contributed by atoms with Crippen LogP contribution < -0.4 is 10.4 Å². The zero-order valence-corrected chi connectivity index (χ0v) is 10.2. The van der Waals surface area contributed by atoms with Crippen LogP contribution in [0.4, 0.5) is 0 Å². The van der Waals surface area contributed by atoms with Gasteiger partial charge >= 0.3 is 5.63 Å². The lowest BCUT2D eigenvalue weighted by atomic mass is 9.84. The molecule has 0 aromatic carbocycles. The fraction of sp³-hybridized carbons (Fsp3) is 0.538. The van der Waals surface area contributed by atoms with Crippen molar-refractivity contribution in [1.29, 1.82) is 0 Å². The number of hydrogen-bond donors (Lipinski definition) is 0. The van der Waals surface area contributed by atoms with Gasteiger partial charge in [-0.25, -0.2) is 4.79 Å². The molecular weight excluding hydrogens is 236 g/mol. The number of fused-ring (bicyclic) bond motifs is 1. The van der Waals surface area contributed by atoms with E-state index in [-0.39, 0.29) is 17.8 Å². The summed E-state index contributed by atoms with van der Waals surface area (Å²) in [7, 11) is 0. The van der Waals surface area contributed by atoms with Crippen molar-refractivity contribution >= 4 is 5.78 Å². The maximum Gasteiger partial charge on any atom is 0.350 e. The molecule has 0 unspecified atom stereocenters. The molecule has 5 nitrogen and oxygen atoms in total. The van der Waals surface area contributed by atoms with Crippen LogP contribution in [0.3, 0.4) is 0 Å². The first kappa shape index (κ1) is 11.5. The van der Waals surface area contributed by atoms with Crippen molar-refractivity contribution in [2.45, 2.75) is 31.8 Å². The molecule has 3 rings (SSSR count). The summed E-state index contributed by atoms with van der Waals surface area (Å²) in [6, 6.07) is 1.62. The molecule has 0 radical (unpaired) electrons. The lowest BCUT2D eigenvalue weighted by molar-refractivity contribution is -0.0509. The van der Waals surface area contributed by atoms with Crippen molar-refractivity contribution in [3.05, 3.63) is 27.8 Å². The number of aryl methyl sites for hydroxylation is 1. The molecule has 0 atom stereocenters. The highest BCUT2D eigenvalue weighted by atomic mass is 16.5. The average Bonchev–Trinajstić information content (AvgIpc) is 2.27. The Hall–Kier alpha value is -1.62. The zero-order chi connectivity index (χ0) is 12.8. The summed E-state index contributed by atoms with van der Waals surface area (Å²) in [5, 5.41) is 0. The van der Waals surface area contributed by atoms with Gasteiger partial charge in [-0.1, -0.05) is 0 Å². The summed E-state index contributed by atoms with van der Waals surface area (Å²) in [4.78, 5) is 23.8. The highest BCUT2D eigenvalue weighted by molar-refractivity contribution is 5.99. The van der Waals surface area contributed by atoms with Crippen LogP contribution in [-0.4, -0.2) is 24.6 Å². The van der Waals surface area contributed by atoms with Gasteiger partial charge in [0.1, 0.15) is 22.7 Å². The van der Waals surface area contributed by atoms with Gasteiger partial charge in [0.15, 0.2) is 5.78 Å². The van der Waals surface area contributed by atoms with Crippen molar-refractivity contribution in [3.8, 4) is 5.75 Å². The van der Waals surface area contributed by atoms with Crippen LogP contribution in [0.1, 0.15) is 35.4 Å². The minimum Gasteiger partial charge on any atom is -0.485 e. The number of carbonyl (C=O) groups is 1. The Morgan fingerprint density at radius 2 is 1.94 bits per heavy atom. The Morgan fingerprint density at radius 1 is 1.22 bits per heavy atom. The van der Waals surface area contributed by atoms with Crippen molar-refractivity contribution in [3.63, 3.8) is 0 Å². The zero-order valence-electron chi connectivity index (χ0n) is 10.2. The Balaban J connectivity index is 2.06. The topological polar surface area (TPSA) is 65.7 Å². The minimum atomic E-state index is -0.600. The molecule has 0 aliphatic carbocycles. The van der Waals surface area contributed by atoms with E-state index in [2.05, 4.69) is 0 Å². The van der Waals surface area contributed by atoms with Crippen LogP contribution in [0.2, 0.25) is 0 Å². The molecule has 3 heterocycles. The molecule has 2 aliphatic rings. The molecular formula is C13H14O5. The molecule has 0 bridgehead atoms. The first-order valence-corrected chi connectivity index (χ1v) is 6.04. The van der Waals surface area contributed by atoms with E-state index in [0.29, 0.717) is 37.6 Å². The molecule has 2 aliphatic heterocycles. The van der Waals surface area contributed by atoms with E-state index in [4.69, 9.17) is 13.9 Å². The Bertz CT molecular complexity index is 551. The summed E-state index contributed by atoms with van der Waals surface area (Å²) >= 11 is 0. The van der Waals surface area contributed by atoms with Gasteiger partial charge in [-0.15, -0.1) is 0 Å². The third-order valence-electron chi connectivity index (χ3n) is 3.53. The molecule has 0 saturated carbocycles.